The molecular weight excluding hydrogens is 317 g/mol. The van der Waals surface area contributed by atoms with Gasteiger partial charge in [-0.05, 0) is 19.1 Å². The maximum atomic E-state index is 11.7. The van der Waals surface area contributed by atoms with Crippen LogP contribution in [0.15, 0.2) is 18.2 Å². The molecule has 1 amide bonds. The summed E-state index contributed by atoms with van der Waals surface area (Å²) in [6.07, 6.45) is 0.580. The topological polar surface area (TPSA) is 56.8 Å². The van der Waals surface area contributed by atoms with Gasteiger partial charge in [-0.1, -0.05) is 23.2 Å². The van der Waals surface area contributed by atoms with Crippen LogP contribution in [0.5, 0.6) is 5.75 Å². The zero-order chi connectivity index (χ0) is 15.3. The van der Waals surface area contributed by atoms with Gasteiger partial charge in [0.1, 0.15) is 5.75 Å². The molecule has 0 saturated carbocycles. The standard InChI is InChI=1S/C14H17Cl2NO4/c1-14(20-6-7-21-14)4-5-17-13(18)9-19-12-8-10(15)2-3-11(12)16/h2-3,8H,4-7,9H2,1H3,(H,17,18). The molecule has 1 aliphatic rings. The third-order valence-corrected chi connectivity index (χ3v) is 3.60. The lowest BCUT2D eigenvalue weighted by Gasteiger charge is -2.22. The Morgan fingerprint density at radius 2 is 2.10 bits per heavy atom. The molecule has 0 radical (unpaired) electrons. The summed E-state index contributed by atoms with van der Waals surface area (Å²) < 4.78 is 16.2. The summed E-state index contributed by atoms with van der Waals surface area (Å²) in [4.78, 5) is 11.7. The van der Waals surface area contributed by atoms with Crippen molar-refractivity contribution in [3.8, 4) is 5.75 Å². The molecule has 1 heterocycles. The highest BCUT2D eigenvalue weighted by atomic mass is 35.5. The van der Waals surface area contributed by atoms with Crippen molar-refractivity contribution in [3.63, 3.8) is 0 Å². The molecule has 1 aliphatic heterocycles. The van der Waals surface area contributed by atoms with Crippen molar-refractivity contribution in [1.82, 2.24) is 5.32 Å². The molecule has 1 aromatic rings. The van der Waals surface area contributed by atoms with E-state index in [-0.39, 0.29) is 12.5 Å². The van der Waals surface area contributed by atoms with Gasteiger partial charge in [0, 0.05) is 24.1 Å². The summed E-state index contributed by atoms with van der Waals surface area (Å²) in [5.41, 5.74) is 0. The quantitative estimate of drug-likeness (QED) is 0.869. The van der Waals surface area contributed by atoms with Crippen LogP contribution in [-0.2, 0) is 14.3 Å². The van der Waals surface area contributed by atoms with Gasteiger partial charge in [0.15, 0.2) is 12.4 Å². The van der Waals surface area contributed by atoms with E-state index in [4.69, 9.17) is 37.4 Å². The Kier molecular flexibility index (Phi) is 5.70. The SMILES string of the molecule is CC1(CCNC(=O)COc2cc(Cl)ccc2Cl)OCCO1. The number of carbonyl (C=O) groups excluding carboxylic acids is 1. The second-order valence-electron chi connectivity index (χ2n) is 4.79. The van der Waals surface area contributed by atoms with E-state index in [1.54, 1.807) is 18.2 Å². The normalized spacial score (nSPS) is 16.7. The number of nitrogens with one attached hydrogen (secondary N) is 1. The van der Waals surface area contributed by atoms with Crippen LogP contribution in [-0.4, -0.2) is 38.1 Å². The van der Waals surface area contributed by atoms with Crippen LogP contribution >= 0.6 is 23.2 Å². The van der Waals surface area contributed by atoms with Gasteiger partial charge >= 0.3 is 0 Å². The van der Waals surface area contributed by atoms with Crippen LogP contribution in [0.3, 0.4) is 0 Å². The number of hydrogen-bond donors (Lipinski definition) is 1. The molecule has 7 heteroatoms. The van der Waals surface area contributed by atoms with Crippen LogP contribution in [0.2, 0.25) is 10.0 Å². The average molecular weight is 334 g/mol. The smallest absolute Gasteiger partial charge is 0.257 e. The predicted molar refractivity (Wildman–Crippen MR) is 79.9 cm³/mol. The van der Waals surface area contributed by atoms with Crippen molar-refractivity contribution < 1.29 is 19.0 Å². The molecule has 0 spiro atoms. The first kappa shape index (κ1) is 16.4. The predicted octanol–water partition coefficient (Wildman–Crippen LogP) is 2.64. The van der Waals surface area contributed by atoms with Gasteiger partial charge in [0.2, 0.25) is 0 Å². The molecule has 0 aromatic heterocycles. The number of rotatable bonds is 6. The van der Waals surface area contributed by atoms with Crippen molar-refractivity contribution in [2.45, 2.75) is 19.1 Å². The number of carbonyl (C=O) groups is 1. The van der Waals surface area contributed by atoms with Crippen LogP contribution in [0.1, 0.15) is 13.3 Å². The lowest BCUT2D eigenvalue weighted by molar-refractivity contribution is -0.146. The Morgan fingerprint density at radius 3 is 2.81 bits per heavy atom. The minimum atomic E-state index is -0.607. The number of amides is 1. The van der Waals surface area contributed by atoms with Gasteiger partial charge in [0.05, 0.1) is 18.2 Å². The molecule has 1 fully saturated rings. The van der Waals surface area contributed by atoms with Gasteiger partial charge < -0.3 is 19.5 Å². The highest BCUT2D eigenvalue weighted by molar-refractivity contribution is 6.34. The fourth-order valence-corrected chi connectivity index (χ4v) is 2.25. The monoisotopic (exact) mass is 333 g/mol. The van der Waals surface area contributed by atoms with Crippen LogP contribution < -0.4 is 10.1 Å². The Labute approximate surface area is 133 Å². The van der Waals surface area contributed by atoms with Gasteiger partial charge in [-0.3, -0.25) is 4.79 Å². The van der Waals surface area contributed by atoms with Gasteiger partial charge in [0.25, 0.3) is 5.91 Å². The molecule has 2 rings (SSSR count). The summed E-state index contributed by atoms with van der Waals surface area (Å²) in [5, 5.41) is 3.65. The summed E-state index contributed by atoms with van der Waals surface area (Å²) in [5.74, 6) is -0.467. The fraction of sp³-hybridized carbons (Fsp3) is 0.500. The van der Waals surface area contributed by atoms with E-state index in [1.807, 2.05) is 6.92 Å². The lowest BCUT2D eigenvalue weighted by atomic mass is 10.2. The summed E-state index contributed by atoms with van der Waals surface area (Å²) in [6, 6.07) is 4.84. The minimum Gasteiger partial charge on any atom is -0.482 e. The van der Waals surface area contributed by atoms with Crippen molar-refractivity contribution in [2.75, 3.05) is 26.4 Å². The Bertz CT molecular complexity index is 504. The van der Waals surface area contributed by atoms with Gasteiger partial charge in [-0.25, -0.2) is 0 Å². The van der Waals surface area contributed by atoms with Gasteiger partial charge in [-0.2, -0.15) is 0 Å². The molecule has 0 aliphatic carbocycles. The summed E-state index contributed by atoms with van der Waals surface area (Å²) >= 11 is 11.8. The number of hydrogen-bond acceptors (Lipinski definition) is 4. The van der Waals surface area contributed by atoms with E-state index < -0.39 is 5.79 Å². The van der Waals surface area contributed by atoms with E-state index in [0.717, 1.165) is 0 Å². The Hall–Kier alpha value is -1.01. The third-order valence-electron chi connectivity index (χ3n) is 3.05. The van der Waals surface area contributed by atoms with Crippen LogP contribution in [0.25, 0.3) is 0 Å². The zero-order valence-corrected chi connectivity index (χ0v) is 13.2. The van der Waals surface area contributed by atoms with E-state index in [0.29, 0.717) is 42.0 Å². The van der Waals surface area contributed by atoms with E-state index in [2.05, 4.69) is 5.32 Å². The second-order valence-corrected chi connectivity index (χ2v) is 5.64. The fourth-order valence-electron chi connectivity index (χ4n) is 1.91. The van der Waals surface area contributed by atoms with Crippen molar-refractivity contribution in [3.05, 3.63) is 28.2 Å². The molecule has 0 bridgehead atoms. The molecule has 0 atom stereocenters. The average Bonchev–Trinajstić information content (AvgIpc) is 2.87. The first-order valence-corrected chi connectivity index (χ1v) is 7.37. The Balaban J connectivity index is 1.71. The maximum absolute atomic E-state index is 11.7. The number of halogens is 2. The van der Waals surface area contributed by atoms with E-state index >= 15 is 0 Å². The number of benzene rings is 1. The molecule has 116 valence electrons. The maximum Gasteiger partial charge on any atom is 0.257 e. The largest absolute Gasteiger partial charge is 0.482 e. The first-order chi connectivity index (χ1) is 9.98. The minimum absolute atomic E-state index is 0.126. The summed E-state index contributed by atoms with van der Waals surface area (Å²) in [6.45, 7) is 3.34. The zero-order valence-electron chi connectivity index (χ0n) is 11.7. The number of ether oxygens (including phenoxy) is 3. The highest BCUT2D eigenvalue weighted by Gasteiger charge is 2.30. The summed E-state index contributed by atoms with van der Waals surface area (Å²) in [7, 11) is 0. The lowest BCUT2D eigenvalue weighted by Crippen LogP contribution is -2.35. The van der Waals surface area contributed by atoms with Crippen molar-refractivity contribution >= 4 is 29.1 Å². The first-order valence-electron chi connectivity index (χ1n) is 6.61. The molecule has 21 heavy (non-hydrogen) atoms. The van der Waals surface area contributed by atoms with E-state index in [1.165, 1.54) is 0 Å². The molecule has 0 unspecified atom stereocenters. The molecule has 1 N–H and O–H groups in total. The second kappa shape index (κ2) is 7.31. The third kappa shape index (κ3) is 5.04. The molecule has 1 aromatic carbocycles. The van der Waals surface area contributed by atoms with E-state index in [9.17, 15) is 4.79 Å². The van der Waals surface area contributed by atoms with Crippen molar-refractivity contribution in [1.29, 1.82) is 0 Å². The van der Waals surface area contributed by atoms with Crippen LogP contribution in [0.4, 0.5) is 0 Å². The highest BCUT2D eigenvalue weighted by Crippen LogP contribution is 2.27. The molecular formula is C14H17Cl2NO4. The Morgan fingerprint density at radius 1 is 1.38 bits per heavy atom. The molecule has 5 nitrogen and oxygen atoms in total. The van der Waals surface area contributed by atoms with Gasteiger partial charge in [-0.15, -0.1) is 0 Å². The van der Waals surface area contributed by atoms with Crippen LogP contribution in [0, 0.1) is 0 Å². The molecule has 1 saturated heterocycles. The van der Waals surface area contributed by atoms with Crippen molar-refractivity contribution in [2.24, 2.45) is 0 Å².